The number of fused-ring (bicyclic) bond motifs is 1. The number of nitrogens with one attached hydrogen (secondary N) is 1. The summed E-state index contributed by atoms with van der Waals surface area (Å²) < 4.78 is 0. The molecule has 4 rings (SSSR count). The highest BCUT2D eigenvalue weighted by atomic mass is 35.5. The molecule has 0 saturated carbocycles. The van der Waals surface area contributed by atoms with Crippen molar-refractivity contribution in [3.63, 3.8) is 0 Å². The van der Waals surface area contributed by atoms with Gasteiger partial charge in [0.15, 0.2) is 5.11 Å². The minimum atomic E-state index is -1.05. The summed E-state index contributed by atoms with van der Waals surface area (Å²) in [4.78, 5) is 20.4. The molecule has 0 unspecified atom stereocenters. The molecule has 8 heteroatoms. The van der Waals surface area contributed by atoms with E-state index in [4.69, 9.17) is 33.9 Å². The maximum Gasteiger partial charge on any atom is 0.337 e. The molecule has 0 aliphatic carbocycles. The Morgan fingerprint density at radius 1 is 1.13 bits per heavy atom. The third kappa shape index (κ3) is 4.17. The molecule has 1 aromatic heterocycles. The van der Waals surface area contributed by atoms with Gasteiger partial charge in [-0.15, -0.1) is 0 Å². The van der Waals surface area contributed by atoms with Crippen LogP contribution in [0.2, 0.25) is 5.02 Å². The van der Waals surface area contributed by atoms with Crippen LogP contribution in [0.4, 0.5) is 11.5 Å². The van der Waals surface area contributed by atoms with Crippen molar-refractivity contribution in [2.24, 2.45) is 0 Å². The molecule has 154 valence electrons. The zero-order valence-electron chi connectivity index (χ0n) is 16.4. The van der Waals surface area contributed by atoms with Gasteiger partial charge in [0.25, 0.3) is 0 Å². The number of carboxylic acids is 1. The molecule has 0 spiro atoms. The largest absolute Gasteiger partial charge is 0.478 e. The minimum absolute atomic E-state index is 0.0694. The second-order valence-corrected chi connectivity index (χ2v) is 8.02. The zero-order chi connectivity index (χ0) is 21.3. The first-order chi connectivity index (χ1) is 14.4. The highest BCUT2D eigenvalue weighted by Crippen LogP contribution is 2.25. The number of rotatable bonds is 3. The van der Waals surface area contributed by atoms with Crippen molar-refractivity contribution in [2.75, 3.05) is 36.4 Å². The fraction of sp³-hybridized carbons (Fsp3) is 0.227. The number of aromatic nitrogens is 1. The number of piperazine rings is 1. The molecule has 0 atom stereocenters. The Bertz CT molecular complexity index is 1130. The van der Waals surface area contributed by atoms with Gasteiger partial charge in [0.1, 0.15) is 5.82 Å². The Balaban J connectivity index is 1.41. The number of carbonyl (C=O) groups is 1. The monoisotopic (exact) mass is 440 g/mol. The highest BCUT2D eigenvalue weighted by molar-refractivity contribution is 7.80. The fourth-order valence-electron chi connectivity index (χ4n) is 3.62. The van der Waals surface area contributed by atoms with E-state index >= 15 is 0 Å². The van der Waals surface area contributed by atoms with E-state index in [2.05, 4.69) is 34.2 Å². The Kier molecular flexibility index (Phi) is 5.74. The second-order valence-electron chi connectivity index (χ2n) is 7.23. The van der Waals surface area contributed by atoms with Crippen LogP contribution in [0, 0.1) is 6.92 Å². The molecule has 1 aliphatic heterocycles. The molecule has 1 saturated heterocycles. The summed E-state index contributed by atoms with van der Waals surface area (Å²) in [5.74, 6) is -0.0360. The van der Waals surface area contributed by atoms with Crippen LogP contribution in [0.5, 0.6) is 0 Å². The topological polar surface area (TPSA) is 68.7 Å². The van der Waals surface area contributed by atoms with Gasteiger partial charge in [0.05, 0.1) is 16.1 Å². The summed E-state index contributed by atoms with van der Waals surface area (Å²) in [6.45, 7) is 5.25. The molecule has 1 fully saturated rings. The number of halogens is 1. The summed E-state index contributed by atoms with van der Waals surface area (Å²) in [5, 5.41) is 14.2. The van der Waals surface area contributed by atoms with E-state index in [0.717, 1.165) is 48.5 Å². The first-order valence-electron chi connectivity index (χ1n) is 9.62. The van der Waals surface area contributed by atoms with Gasteiger partial charge in [-0.2, -0.15) is 0 Å². The van der Waals surface area contributed by atoms with Crippen molar-refractivity contribution in [3.05, 3.63) is 64.7 Å². The van der Waals surface area contributed by atoms with E-state index in [1.54, 1.807) is 12.1 Å². The van der Waals surface area contributed by atoms with Gasteiger partial charge in [-0.1, -0.05) is 29.8 Å². The Morgan fingerprint density at radius 2 is 1.87 bits per heavy atom. The lowest BCUT2D eigenvalue weighted by Gasteiger charge is -2.37. The van der Waals surface area contributed by atoms with E-state index in [1.165, 1.54) is 6.07 Å². The van der Waals surface area contributed by atoms with Crippen molar-refractivity contribution in [1.29, 1.82) is 0 Å². The fourth-order valence-corrected chi connectivity index (χ4v) is 4.18. The summed E-state index contributed by atoms with van der Waals surface area (Å²) >= 11 is 11.6. The summed E-state index contributed by atoms with van der Waals surface area (Å²) in [5.41, 5.74) is 2.90. The predicted molar refractivity (Wildman–Crippen MR) is 125 cm³/mol. The van der Waals surface area contributed by atoms with Crippen LogP contribution < -0.4 is 10.2 Å². The van der Waals surface area contributed by atoms with Crippen LogP contribution in [0.15, 0.2) is 48.5 Å². The standard InChI is InChI=1S/C22H21ClN4O2S/c1-14-12-15-4-2-3-5-19(15)25-20(14)26-8-10-27(11-9-26)22(30)24-16-6-7-17(21(28)29)18(23)13-16/h2-7,12-13H,8-11H2,1H3,(H,24,30)(H,28,29). The number of hydrogen-bond donors (Lipinski definition) is 2. The molecule has 2 heterocycles. The molecule has 0 bridgehead atoms. The normalized spacial score (nSPS) is 14.1. The Hall–Kier alpha value is -2.90. The third-order valence-electron chi connectivity index (χ3n) is 5.21. The first kappa shape index (κ1) is 20.4. The predicted octanol–water partition coefficient (Wildman–Crippen LogP) is 4.41. The summed E-state index contributed by atoms with van der Waals surface area (Å²) in [6.07, 6.45) is 0. The highest BCUT2D eigenvalue weighted by Gasteiger charge is 2.21. The van der Waals surface area contributed by atoms with Gasteiger partial charge in [0, 0.05) is 37.3 Å². The van der Waals surface area contributed by atoms with E-state index in [1.807, 2.05) is 18.2 Å². The number of thiocarbonyl (C=S) groups is 1. The van der Waals surface area contributed by atoms with Crippen LogP contribution in [0.1, 0.15) is 15.9 Å². The minimum Gasteiger partial charge on any atom is -0.478 e. The number of carboxylic acid groups (broad SMARTS) is 1. The number of pyridine rings is 1. The van der Waals surface area contributed by atoms with Crippen LogP contribution in [-0.4, -0.2) is 52.3 Å². The van der Waals surface area contributed by atoms with E-state index in [9.17, 15) is 4.79 Å². The Morgan fingerprint density at radius 3 is 2.57 bits per heavy atom. The molecule has 0 radical (unpaired) electrons. The number of benzene rings is 2. The zero-order valence-corrected chi connectivity index (χ0v) is 18.0. The maximum atomic E-state index is 11.1. The number of aromatic carboxylic acids is 1. The van der Waals surface area contributed by atoms with Gasteiger partial charge in [-0.25, -0.2) is 9.78 Å². The Labute approximate surface area is 185 Å². The molecular formula is C22H21ClN4O2S. The lowest BCUT2D eigenvalue weighted by molar-refractivity contribution is 0.0697. The van der Waals surface area contributed by atoms with E-state index in [0.29, 0.717) is 10.8 Å². The van der Waals surface area contributed by atoms with Crippen molar-refractivity contribution in [1.82, 2.24) is 9.88 Å². The van der Waals surface area contributed by atoms with Gasteiger partial charge in [0.2, 0.25) is 0 Å². The molecule has 30 heavy (non-hydrogen) atoms. The average Bonchev–Trinajstić information content (AvgIpc) is 2.73. The van der Waals surface area contributed by atoms with Crippen molar-refractivity contribution in [3.8, 4) is 0 Å². The average molecular weight is 441 g/mol. The van der Waals surface area contributed by atoms with Crippen LogP contribution >= 0.6 is 23.8 Å². The molecule has 2 aromatic carbocycles. The molecule has 3 aromatic rings. The van der Waals surface area contributed by atoms with Crippen LogP contribution in [-0.2, 0) is 0 Å². The van der Waals surface area contributed by atoms with Gasteiger partial charge >= 0.3 is 5.97 Å². The molecular weight excluding hydrogens is 420 g/mol. The van der Waals surface area contributed by atoms with Gasteiger partial charge in [-0.05, 0) is 55.0 Å². The van der Waals surface area contributed by atoms with Crippen molar-refractivity contribution in [2.45, 2.75) is 6.92 Å². The van der Waals surface area contributed by atoms with E-state index < -0.39 is 5.97 Å². The molecule has 0 amide bonds. The van der Waals surface area contributed by atoms with Crippen molar-refractivity contribution < 1.29 is 9.90 Å². The second kappa shape index (κ2) is 8.45. The number of hydrogen-bond acceptors (Lipinski definition) is 4. The van der Waals surface area contributed by atoms with Gasteiger partial charge < -0.3 is 20.2 Å². The third-order valence-corrected chi connectivity index (χ3v) is 5.88. The first-order valence-corrected chi connectivity index (χ1v) is 10.4. The van der Waals surface area contributed by atoms with Crippen LogP contribution in [0.3, 0.4) is 0 Å². The van der Waals surface area contributed by atoms with Crippen LogP contribution in [0.25, 0.3) is 10.9 Å². The van der Waals surface area contributed by atoms with E-state index in [-0.39, 0.29) is 10.6 Å². The van der Waals surface area contributed by atoms with Crippen molar-refractivity contribution >= 4 is 57.3 Å². The SMILES string of the molecule is Cc1cc2ccccc2nc1N1CCN(C(=S)Nc2ccc(C(=O)O)c(Cl)c2)CC1. The maximum absolute atomic E-state index is 11.1. The molecule has 6 nitrogen and oxygen atoms in total. The van der Waals surface area contributed by atoms with Gasteiger partial charge in [-0.3, -0.25) is 0 Å². The lowest BCUT2D eigenvalue weighted by atomic mass is 10.1. The number of anilines is 2. The summed E-state index contributed by atoms with van der Waals surface area (Å²) in [7, 11) is 0. The smallest absolute Gasteiger partial charge is 0.337 e. The number of nitrogens with zero attached hydrogens (tertiary/aromatic N) is 3. The quantitative estimate of drug-likeness (QED) is 0.584. The molecule has 2 N–H and O–H groups in total. The number of aryl methyl sites for hydroxylation is 1. The summed E-state index contributed by atoms with van der Waals surface area (Å²) in [6, 6.07) is 15.0. The lowest BCUT2D eigenvalue weighted by Crippen LogP contribution is -2.50. The number of para-hydroxylation sites is 1. The molecule has 1 aliphatic rings.